The Hall–Kier alpha value is -1.76. The zero-order chi connectivity index (χ0) is 12.1. The summed E-state index contributed by atoms with van der Waals surface area (Å²) in [5.41, 5.74) is 6.48. The Morgan fingerprint density at radius 2 is 2.25 bits per heavy atom. The van der Waals surface area contributed by atoms with Crippen molar-refractivity contribution in [1.29, 1.82) is 5.26 Å². The minimum atomic E-state index is -0.416. The van der Waals surface area contributed by atoms with Crippen molar-refractivity contribution in [2.75, 3.05) is 23.7 Å². The molecular weight excluding hydrogens is 205 g/mol. The fourth-order valence-corrected chi connectivity index (χ4v) is 1.57. The summed E-state index contributed by atoms with van der Waals surface area (Å²) < 4.78 is 13.3. The molecule has 1 unspecified atom stereocenters. The predicted octanol–water partition coefficient (Wildman–Crippen LogP) is 2.39. The molecule has 86 valence electrons. The van der Waals surface area contributed by atoms with Crippen LogP contribution < -0.4 is 10.6 Å². The van der Waals surface area contributed by atoms with E-state index in [4.69, 9.17) is 11.0 Å². The molecule has 0 aliphatic carbocycles. The number of nitrogens with zero attached hydrogens (tertiary/aromatic N) is 2. The van der Waals surface area contributed by atoms with E-state index in [1.54, 1.807) is 12.1 Å². The summed E-state index contributed by atoms with van der Waals surface area (Å²) in [4.78, 5) is 1.91. The Labute approximate surface area is 95.3 Å². The summed E-state index contributed by atoms with van der Waals surface area (Å²) in [5, 5.41) is 8.77. The third-order valence-electron chi connectivity index (χ3n) is 2.47. The minimum Gasteiger partial charge on any atom is -0.395 e. The van der Waals surface area contributed by atoms with Crippen LogP contribution in [0, 0.1) is 23.1 Å². The Morgan fingerprint density at radius 1 is 1.56 bits per heavy atom. The van der Waals surface area contributed by atoms with Crippen molar-refractivity contribution in [2.24, 2.45) is 5.92 Å². The van der Waals surface area contributed by atoms with Crippen LogP contribution in [-0.2, 0) is 0 Å². The highest BCUT2D eigenvalue weighted by Gasteiger charge is 2.13. The monoisotopic (exact) mass is 221 g/mol. The molecule has 0 spiro atoms. The van der Waals surface area contributed by atoms with Gasteiger partial charge in [-0.1, -0.05) is 6.07 Å². The van der Waals surface area contributed by atoms with Crippen LogP contribution >= 0.6 is 0 Å². The molecule has 1 atom stereocenters. The SMILES string of the molecule is CCN(CC(C)C#N)c1cccc(F)c1N. The van der Waals surface area contributed by atoms with Crippen molar-refractivity contribution >= 4 is 11.4 Å². The number of nitriles is 1. The molecule has 0 saturated heterocycles. The van der Waals surface area contributed by atoms with E-state index in [9.17, 15) is 4.39 Å². The summed E-state index contributed by atoms with van der Waals surface area (Å²) in [7, 11) is 0. The van der Waals surface area contributed by atoms with Crippen molar-refractivity contribution in [3.8, 4) is 6.07 Å². The van der Waals surface area contributed by atoms with Gasteiger partial charge in [-0.3, -0.25) is 0 Å². The number of para-hydroxylation sites is 1. The molecule has 0 bridgehead atoms. The number of anilines is 2. The Bertz CT molecular complexity index is 398. The lowest BCUT2D eigenvalue weighted by atomic mass is 10.1. The zero-order valence-electron chi connectivity index (χ0n) is 9.57. The maximum absolute atomic E-state index is 13.3. The zero-order valence-corrected chi connectivity index (χ0v) is 9.57. The summed E-state index contributed by atoms with van der Waals surface area (Å²) in [6.45, 7) is 5.03. The van der Waals surface area contributed by atoms with E-state index < -0.39 is 5.82 Å². The van der Waals surface area contributed by atoms with Gasteiger partial charge in [0.1, 0.15) is 5.82 Å². The van der Waals surface area contributed by atoms with Gasteiger partial charge in [0.05, 0.1) is 23.4 Å². The first-order valence-corrected chi connectivity index (χ1v) is 5.28. The molecule has 1 rings (SSSR count). The van der Waals surface area contributed by atoms with E-state index in [2.05, 4.69) is 6.07 Å². The first-order valence-electron chi connectivity index (χ1n) is 5.28. The first-order chi connectivity index (χ1) is 7.60. The van der Waals surface area contributed by atoms with Crippen molar-refractivity contribution in [3.05, 3.63) is 24.0 Å². The second-order valence-corrected chi connectivity index (χ2v) is 3.74. The average Bonchev–Trinajstić information content (AvgIpc) is 2.29. The molecule has 2 N–H and O–H groups in total. The van der Waals surface area contributed by atoms with Crippen molar-refractivity contribution < 1.29 is 4.39 Å². The van der Waals surface area contributed by atoms with Gasteiger partial charge >= 0.3 is 0 Å². The maximum atomic E-state index is 13.3. The molecule has 0 heterocycles. The molecule has 1 aromatic carbocycles. The highest BCUT2D eigenvalue weighted by Crippen LogP contribution is 2.25. The lowest BCUT2D eigenvalue weighted by Gasteiger charge is -2.25. The van der Waals surface area contributed by atoms with Gasteiger partial charge in [-0.15, -0.1) is 0 Å². The number of nitrogens with two attached hydrogens (primary N) is 1. The quantitative estimate of drug-likeness (QED) is 0.794. The summed E-state index contributed by atoms with van der Waals surface area (Å²) >= 11 is 0. The number of rotatable bonds is 4. The largest absolute Gasteiger partial charge is 0.395 e. The minimum absolute atomic E-state index is 0.109. The second kappa shape index (κ2) is 5.36. The molecule has 4 heteroatoms. The van der Waals surface area contributed by atoms with Gasteiger partial charge in [0.25, 0.3) is 0 Å². The molecule has 0 radical (unpaired) electrons. The molecule has 3 nitrogen and oxygen atoms in total. The fourth-order valence-electron chi connectivity index (χ4n) is 1.57. The molecule has 0 aliphatic rings. The van der Waals surface area contributed by atoms with Gasteiger partial charge in [-0.2, -0.15) is 5.26 Å². The standard InChI is InChI=1S/C12H16FN3/c1-3-16(8-9(2)7-14)11-6-4-5-10(13)12(11)15/h4-6,9H,3,8,15H2,1-2H3. The van der Waals surface area contributed by atoms with Crippen LogP contribution in [0.25, 0.3) is 0 Å². The van der Waals surface area contributed by atoms with E-state index >= 15 is 0 Å². The molecule has 1 aromatic rings. The number of nitrogen functional groups attached to an aromatic ring is 1. The molecule has 0 saturated carbocycles. The summed E-state index contributed by atoms with van der Waals surface area (Å²) in [6.07, 6.45) is 0. The third-order valence-corrected chi connectivity index (χ3v) is 2.47. The topological polar surface area (TPSA) is 53.0 Å². The van der Waals surface area contributed by atoms with Crippen LogP contribution in [0.2, 0.25) is 0 Å². The van der Waals surface area contributed by atoms with Gasteiger partial charge in [0.2, 0.25) is 0 Å². The summed E-state index contributed by atoms with van der Waals surface area (Å²) in [5.74, 6) is -0.525. The van der Waals surface area contributed by atoms with Gasteiger partial charge < -0.3 is 10.6 Å². The molecule has 0 fully saturated rings. The number of hydrogen-bond donors (Lipinski definition) is 1. The van der Waals surface area contributed by atoms with Gasteiger partial charge in [0.15, 0.2) is 0 Å². The van der Waals surface area contributed by atoms with Crippen LogP contribution in [0.1, 0.15) is 13.8 Å². The van der Waals surface area contributed by atoms with Crippen LogP contribution in [0.15, 0.2) is 18.2 Å². The van der Waals surface area contributed by atoms with Gasteiger partial charge in [0, 0.05) is 13.1 Å². The van der Waals surface area contributed by atoms with E-state index in [-0.39, 0.29) is 11.6 Å². The number of benzene rings is 1. The van der Waals surface area contributed by atoms with Crippen LogP contribution in [-0.4, -0.2) is 13.1 Å². The molecule has 0 amide bonds. The maximum Gasteiger partial charge on any atom is 0.148 e. The smallest absolute Gasteiger partial charge is 0.148 e. The number of hydrogen-bond acceptors (Lipinski definition) is 3. The molecule has 0 aliphatic heterocycles. The van der Waals surface area contributed by atoms with E-state index in [1.165, 1.54) is 6.07 Å². The second-order valence-electron chi connectivity index (χ2n) is 3.74. The predicted molar refractivity (Wildman–Crippen MR) is 63.5 cm³/mol. The Kier molecular flexibility index (Phi) is 4.12. The lowest BCUT2D eigenvalue weighted by molar-refractivity contribution is 0.629. The van der Waals surface area contributed by atoms with Crippen LogP contribution in [0.5, 0.6) is 0 Å². The van der Waals surface area contributed by atoms with Crippen LogP contribution in [0.4, 0.5) is 15.8 Å². The highest BCUT2D eigenvalue weighted by molar-refractivity contribution is 5.68. The highest BCUT2D eigenvalue weighted by atomic mass is 19.1. The number of halogens is 1. The van der Waals surface area contributed by atoms with Crippen molar-refractivity contribution in [2.45, 2.75) is 13.8 Å². The first kappa shape index (κ1) is 12.3. The normalized spacial score (nSPS) is 11.9. The molecule has 16 heavy (non-hydrogen) atoms. The molecule has 0 aromatic heterocycles. The lowest BCUT2D eigenvalue weighted by Crippen LogP contribution is -2.28. The van der Waals surface area contributed by atoms with Crippen molar-refractivity contribution in [3.63, 3.8) is 0 Å². The van der Waals surface area contributed by atoms with E-state index in [1.807, 2.05) is 18.7 Å². The van der Waals surface area contributed by atoms with E-state index in [0.717, 1.165) is 0 Å². The van der Waals surface area contributed by atoms with E-state index in [0.29, 0.717) is 18.8 Å². The van der Waals surface area contributed by atoms with Crippen molar-refractivity contribution in [1.82, 2.24) is 0 Å². The summed E-state index contributed by atoms with van der Waals surface area (Å²) in [6, 6.07) is 6.89. The Balaban J connectivity index is 2.96. The fraction of sp³-hybridized carbons (Fsp3) is 0.417. The van der Waals surface area contributed by atoms with Crippen LogP contribution in [0.3, 0.4) is 0 Å². The Morgan fingerprint density at radius 3 is 2.81 bits per heavy atom. The van der Waals surface area contributed by atoms with Gasteiger partial charge in [-0.05, 0) is 26.0 Å². The molecular formula is C12H16FN3. The average molecular weight is 221 g/mol. The van der Waals surface area contributed by atoms with Gasteiger partial charge in [-0.25, -0.2) is 4.39 Å². The third kappa shape index (κ3) is 2.63.